The first kappa shape index (κ1) is 24.9. The minimum Gasteiger partial charge on any atom is -0.497 e. The quantitative estimate of drug-likeness (QED) is 0.562. The summed E-state index contributed by atoms with van der Waals surface area (Å²) in [5.41, 5.74) is 1.54. The molecule has 0 aliphatic carbocycles. The number of benzene rings is 2. The molecule has 2 rings (SSSR count). The lowest BCUT2D eigenvalue weighted by Crippen LogP contribution is -2.45. The second-order valence-electron chi connectivity index (χ2n) is 8.04. The van der Waals surface area contributed by atoms with Crippen LogP contribution in [0.4, 0.5) is 5.69 Å². The number of amides is 3. The third-order valence-corrected chi connectivity index (χ3v) is 4.96. The molecule has 0 aromatic heterocycles. The Morgan fingerprint density at radius 3 is 2.19 bits per heavy atom. The second kappa shape index (κ2) is 12.5. The van der Waals surface area contributed by atoms with Gasteiger partial charge < -0.3 is 20.3 Å². The Morgan fingerprint density at radius 2 is 1.62 bits per heavy atom. The van der Waals surface area contributed by atoms with Crippen LogP contribution in [0.15, 0.2) is 54.6 Å². The zero-order valence-corrected chi connectivity index (χ0v) is 19.3. The number of hydrogen-bond acceptors (Lipinski definition) is 4. The molecule has 0 fully saturated rings. The van der Waals surface area contributed by atoms with Crippen LogP contribution in [-0.4, -0.2) is 49.4 Å². The zero-order valence-electron chi connectivity index (χ0n) is 19.3. The van der Waals surface area contributed by atoms with Gasteiger partial charge in [0.25, 0.3) is 0 Å². The smallest absolute Gasteiger partial charge is 0.243 e. The highest BCUT2D eigenvalue weighted by atomic mass is 16.5. The summed E-state index contributed by atoms with van der Waals surface area (Å²) in [6.07, 6.45) is 0.642. The minimum atomic E-state index is -0.369. The van der Waals surface area contributed by atoms with Crippen LogP contribution in [0.3, 0.4) is 0 Å². The first-order valence-corrected chi connectivity index (χ1v) is 10.9. The van der Waals surface area contributed by atoms with Gasteiger partial charge in [-0.15, -0.1) is 0 Å². The van der Waals surface area contributed by atoms with Crippen molar-refractivity contribution >= 4 is 23.4 Å². The van der Waals surface area contributed by atoms with Crippen molar-refractivity contribution in [1.82, 2.24) is 10.2 Å². The van der Waals surface area contributed by atoms with E-state index < -0.39 is 0 Å². The van der Waals surface area contributed by atoms with Crippen LogP contribution in [0.2, 0.25) is 0 Å². The molecule has 0 bridgehead atoms. The Bertz CT molecular complexity index is 882. The van der Waals surface area contributed by atoms with E-state index in [0.717, 1.165) is 5.56 Å². The monoisotopic (exact) mass is 439 g/mol. The average molecular weight is 440 g/mol. The summed E-state index contributed by atoms with van der Waals surface area (Å²) in [6.45, 7) is 6.18. The molecule has 32 heavy (non-hydrogen) atoms. The van der Waals surface area contributed by atoms with Crippen molar-refractivity contribution in [1.29, 1.82) is 0 Å². The molecule has 0 saturated carbocycles. The fraction of sp³-hybridized carbons (Fsp3) is 0.400. The first-order chi connectivity index (χ1) is 15.3. The van der Waals surface area contributed by atoms with Gasteiger partial charge in [0.2, 0.25) is 17.7 Å². The zero-order chi connectivity index (χ0) is 23.5. The van der Waals surface area contributed by atoms with Crippen LogP contribution in [0.1, 0.15) is 38.7 Å². The van der Waals surface area contributed by atoms with Crippen molar-refractivity contribution < 1.29 is 19.1 Å². The van der Waals surface area contributed by atoms with E-state index in [-0.39, 0.29) is 42.6 Å². The molecule has 1 unspecified atom stereocenters. The standard InChI is InChI=1S/C25H33N3O4/c1-5-22(19-9-7-6-8-10-19)25(31)28(16-18(2)3)17-24(30)26-15-23(29)27-20-11-13-21(32-4)14-12-20/h6-14,18,22H,5,15-17H2,1-4H3,(H,26,30)(H,27,29). The van der Waals surface area contributed by atoms with Gasteiger partial charge in [-0.25, -0.2) is 0 Å². The Labute approximate surface area is 190 Å². The fourth-order valence-electron chi connectivity index (χ4n) is 3.42. The summed E-state index contributed by atoms with van der Waals surface area (Å²) in [5.74, 6) is -0.204. The number of hydrogen-bond donors (Lipinski definition) is 2. The van der Waals surface area contributed by atoms with Gasteiger partial charge in [0.15, 0.2) is 0 Å². The Morgan fingerprint density at radius 1 is 0.969 bits per heavy atom. The van der Waals surface area contributed by atoms with Gasteiger partial charge >= 0.3 is 0 Å². The molecule has 3 amide bonds. The van der Waals surface area contributed by atoms with E-state index in [2.05, 4.69) is 10.6 Å². The molecule has 2 N–H and O–H groups in total. The van der Waals surface area contributed by atoms with E-state index in [1.807, 2.05) is 51.1 Å². The van der Waals surface area contributed by atoms with Crippen LogP contribution >= 0.6 is 0 Å². The third kappa shape index (κ3) is 7.72. The Kier molecular flexibility index (Phi) is 9.73. The van der Waals surface area contributed by atoms with Gasteiger partial charge in [-0.1, -0.05) is 51.1 Å². The van der Waals surface area contributed by atoms with Crippen molar-refractivity contribution in [2.75, 3.05) is 32.1 Å². The molecule has 2 aromatic carbocycles. The number of methoxy groups -OCH3 is 1. The highest BCUT2D eigenvalue weighted by molar-refractivity contribution is 5.95. The lowest BCUT2D eigenvalue weighted by molar-refractivity contribution is -0.138. The van der Waals surface area contributed by atoms with E-state index >= 15 is 0 Å². The van der Waals surface area contributed by atoms with Crippen molar-refractivity contribution in [3.8, 4) is 5.75 Å². The van der Waals surface area contributed by atoms with Gasteiger partial charge in [-0.3, -0.25) is 14.4 Å². The molecule has 1 atom stereocenters. The summed E-state index contributed by atoms with van der Waals surface area (Å²) < 4.78 is 5.09. The molecule has 2 aromatic rings. The van der Waals surface area contributed by atoms with Crippen molar-refractivity contribution in [2.24, 2.45) is 5.92 Å². The number of carbonyl (C=O) groups is 3. The minimum absolute atomic E-state index is 0.0785. The fourth-order valence-corrected chi connectivity index (χ4v) is 3.42. The number of rotatable bonds is 11. The molecule has 7 heteroatoms. The number of ether oxygens (including phenoxy) is 1. The Balaban J connectivity index is 1.94. The van der Waals surface area contributed by atoms with Crippen LogP contribution in [-0.2, 0) is 14.4 Å². The van der Waals surface area contributed by atoms with Crippen molar-refractivity contribution in [2.45, 2.75) is 33.1 Å². The highest BCUT2D eigenvalue weighted by Gasteiger charge is 2.26. The molecule has 0 aliphatic rings. The number of carbonyl (C=O) groups excluding carboxylic acids is 3. The van der Waals surface area contributed by atoms with Gasteiger partial charge in [-0.05, 0) is 42.2 Å². The van der Waals surface area contributed by atoms with Gasteiger partial charge in [0.05, 0.1) is 26.1 Å². The van der Waals surface area contributed by atoms with E-state index in [1.165, 1.54) is 0 Å². The molecular weight excluding hydrogens is 406 g/mol. The maximum absolute atomic E-state index is 13.2. The van der Waals surface area contributed by atoms with Crippen molar-refractivity contribution in [3.63, 3.8) is 0 Å². The normalized spacial score (nSPS) is 11.5. The van der Waals surface area contributed by atoms with E-state index in [9.17, 15) is 14.4 Å². The van der Waals surface area contributed by atoms with E-state index in [0.29, 0.717) is 24.4 Å². The van der Waals surface area contributed by atoms with Crippen LogP contribution < -0.4 is 15.4 Å². The largest absolute Gasteiger partial charge is 0.497 e. The molecule has 0 spiro atoms. The van der Waals surface area contributed by atoms with Gasteiger partial charge in [0, 0.05) is 12.2 Å². The Hall–Kier alpha value is -3.35. The molecule has 7 nitrogen and oxygen atoms in total. The van der Waals surface area contributed by atoms with Gasteiger partial charge in [0.1, 0.15) is 5.75 Å². The van der Waals surface area contributed by atoms with Crippen LogP contribution in [0.25, 0.3) is 0 Å². The lowest BCUT2D eigenvalue weighted by atomic mass is 9.94. The number of anilines is 1. The molecule has 0 radical (unpaired) electrons. The SMILES string of the molecule is CCC(C(=O)N(CC(=O)NCC(=O)Nc1ccc(OC)cc1)CC(C)C)c1ccccc1. The molecule has 0 saturated heterocycles. The number of nitrogens with one attached hydrogen (secondary N) is 2. The maximum atomic E-state index is 13.2. The highest BCUT2D eigenvalue weighted by Crippen LogP contribution is 2.22. The maximum Gasteiger partial charge on any atom is 0.243 e. The molecule has 0 heterocycles. The predicted octanol–water partition coefficient (Wildman–Crippen LogP) is 3.43. The number of nitrogens with zero attached hydrogens (tertiary/aromatic N) is 1. The second-order valence-corrected chi connectivity index (χ2v) is 8.04. The van der Waals surface area contributed by atoms with Crippen LogP contribution in [0, 0.1) is 5.92 Å². The van der Waals surface area contributed by atoms with Crippen molar-refractivity contribution in [3.05, 3.63) is 60.2 Å². The summed E-state index contributed by atoms with van der Waals surface area (Å²) >= 11 is 0. The van der Waals surface area contributed by atoms with Crippen LogP contribution in [0.5, 0.6) is 5.75 Å². The summed E-state index contributed by atoms with van der Waals surface area (Å²) in [7, 11) is 1.57. The predicted molar refractivity (Wildman–Crippen MR) is 126 cm³/mol. The summed E-state index contributed by atoms with van der Waals surface area (Å²) in [5, 5.41) is 5.33. The van der Waals surface area contributed by atoms with E-state index in [1.54, 1.807) is 36.3 Å². The van der Waals surface area contributed by atoms with Gasteiger partial charge in [-0.2, -0.15) is 0 Å². The van der Waals surface area contributed by atoms with E-state index in [4.69, 9.17) is 4.74 Å². The summed E-state index contributed by atoms with van der Waals surface area (Å²) in [4.78, 5) is 39.5. The summed E-state index contributed by atoms with van der Waals surface area (Å²) in [6, 6.07) is 16.5. The molecule has 172 valence electrons. The third-order valence-electron chi connectivity index (χ3n) is 4.96. The average Bonchev–Trinajstić information content (AvgIpc) is 2.78. The topological polar surface area (TPSA) is 87.7 Å². The first-order valence-electron chi connectivity index (χ1n) is 10.9. The molecule has 0 aliphatic heterocycles. The molecular formula is C25H33N3O4. The lowest BCUT2D eigenvalue weighted by Gasteiger charge is -2.28.